The first-order valence-corrected chi connectivity index (χ1v) is 18.8. The van der Waals surface area contributed by atoms with Crippen molar-refractivity contribution >= 4 is 3.21 Å². The first-order valence-electron chi connectivity index (χ1n) is 14.9. The van der Waals surface area contributed by atoms with E-state index in [1.165, 1.54) is 41.5 Å². The second-order valence-corrected chi connectivity index (χ2v) is 22.5. The summed E-state index contributed by atoms with van der Waals surface area (Å²) in [6, 6.07) is 15.0. The summed E-state index contributed by atoms with van der Waals surface area (Å²) in [5, 5.41) is 0. The van der Waals surface area contributed by atoms with Gasteiger partial charge < -0.3 is 24.8 Å². The second-order valence-electron chi connectivity index (χ2n) is 15.2. The molecule has 2 aliphatic carbocycles. The molecule has 0 saturated carbocycles. The quantitative estimate of drug-likeness (QED) is 0.431. The van der Waals surface area contributed by atoms with Gasteiger partial charge in [-0.3, -0.25) is 0 Å². The van der Waals surface area contributed by atoms with Crippen LogP contribution in [0.2, 0.25) is 0 Å². The van der Waals surface area contributed by atoms with Gasteiger partial charge in [-0.2, -0.15) is 0 Å². The Balaban J connectivity index is 0.00000280. The average molecular weight is 659 g/mol. The molecule has 4 rings (SSSR count). The number of halogens is 2. The van der Waals surface area contributed by atoms with Crippen LogP contribution in [0.4, 0.5) is 0 Å². The Bertz CT molecular complexity index is 1250. The molecule has 218 valence electrons. The van der Waals surface area contributed by atoms with Gasteiger partial charge >= 0.3 is 243 Å². The van der Waals surface area contributed by atoms with Crippen LogP contribution in [0.15, 0.2) is 57.4 Å². The first kappa shape index (κ1) is 35.4. The Hall–Kier alpha value is -0.747. The Morgan fingerprint density at radius 3 is 1.57 bits per heavy atom. The molecule has 1 unspecified atom stereocenters. The summed E-state index contributed by atoms with van der Waals surface area (Å²) in [4.78, 5) is 0. The maximum Gasteiger partial charge on any atom is -1.00 e. The SMILES string of the molecule is CCCCC1C=C(C(C)(C)C)C=[C]1[Zr+2](=[C](C)C)[CH]1c2ccc(C(C)(C)C)cc2-c2cc(C(C)(C)C)ccc21.[Cl-].[Cl-]. The molecule has 0 bridgehead atoms. The van der Waals surface area contributed by atoms with E-state index in [-0.39, 0.29) is 41.1 Å². The standard InChI is InChI=1S/C21H25.C13H21.C3H6.2ClH.Zr/c1-20(2,3)16-9-7-14-11-15-8-10-17(21(4,5)6)13-19(15)18(14)12-16;1-5-6-7-11-8-9-12(10-11)13(2,3)4;1-3-2;;;/h7-13H,1-6H3;9-11H,5-7H2,1-4H3;1-2H3;2*1H;/q;;;;;+2/p-2. The van der Waals surface area contributed by atoms with E-state index in [1.807, 2.05) is 3.28 Å². The van der Waals surface area contributed by atoms with Gasteiger partial charge in [0.2, 0.25) is 0 Å². The van der Waals surface area contributed by atoms with Crippen molar-refractivity contribution in [2.24, 2.45) is 11.3 Å². The van der Waals surface area contributed by atoms with Crippen LogP contribution in [0, 0.1) is 11.3 Å². The molecular weight excluding hydrogens is 607 g/mol. The van der Waals surface area contributed by atoms with Gasteiger partial charge in [0.15, 0.2) is 0 Å². The van der Waals surface area contributed by atoms with Crippen LogP contribution in [0.3, 0.4) is 0 Å². The second kappa shape index (κ2) is 12.9. The van der Waals surface area contributed by atoms with Crippen molar-refractivity contribution in [2.75, 3.05) is 0 Å². The number of unbranched alkanes of at least 4 members (excludes halogenated alkanes) is 1. The third-order valence-electron chi connectivity index (χ3n) is 8.72. The van der Waals surface area contributed by atoms with Crippen LogP contribution in [0.1, 0.15) is 128 Å². The number of hydrogen-bond acceptors (Lipinski definition) is 0. The van der Waals surface area contributed by atoms with E-state index in [0.29, 0.717) is 9.54 Å². The molecule has 40 heavy (non-hydrogen) atoms. The Kier molecular flexibility index (Phi) is 11.4. The van der Waals surface area contributed by atoms with E-state index in [1.54, 1.807) is 19.9 Å². The predicted molar refractivity (Wildman–Crippen MR) is 166 cm³/mol. The van der Waals surface area contributed by atoms with Crippen molar-refractivity contribution in [1.82, 2.24) is 0 Å². The molecule has 0 aliphatic heterocycles. The zero-order valence-electron chi connectivity index (χ0n) is 27.2. The summed E-state index contributed by atoms with van der Waals surface area (Å²) < 4.78 is 4.14. The molecule has 0 spiro atoms. The molecule has 1 atom stereocenters. The van der Waals surface area contributed by atoms with Crippen LogP contribution < -0.4 is 24.8 Å². The van der Waals surface area contributed by atoms with Gasteiger partial charge in [-0.15, -0.1) is 0 Å². The fourth-order valence-electron chi connectivity index (χ4n) is 6.27. The maximum atomic E-state index is 2.69. The van der Waals surface area contributed by atoms with Crippen LogP contribution in [0.25, 0.3) is 11.1 Å². The van der Waals surface area contributed by atoms with Crippen LogP contribution in [0.5, 0.6) is 0 Å². The number of allylic oxidation sites excluding steroid dienone is 4. The van der Waals surface area contributed by atoms with Crippen molar-refractivity contribution in [1.29, 1.82) is 0 Å². The van der Waals surface area contributed by atoms with Gasteiger partial charge in [0, 0.05) is 0 Å². The smallest absolute Gasteiger partial charge is 1.00 e. The van der Waals surface area contributed by atoms with Crippen molar-refractivity contribution in [2.45, 2.75) is 117 Å². The third kappa shape index (κ3) is 7.06. The maximum absolute atomic E-state index is 2.69. The van der Waals surface area contributed by atoms with Gasteiger partial charge in [-0.05, 0) is 0 Å². The van der Waals surface area contributed by atoms with Crippen molar-refractivity contribution in [3.8, 4) is 11.1 Å². The molecule has 0 N–H and O–H groups in total. The molecule has 0 radical (unpaired) electrons. The van der Waals surface area contributed by atoms with E-state index in [4.69, 9.17) is 0 Å². The van der Waals surface area contributed by atoms with Gasteiger partial charge in [0.25, 0.3) is 0 Å². The molecule has 0 saturated heterocycles. The summed E-state index contributed by atoms with van der Waals surface area (Å²) in [7, 11) is 0. The predicted octanol–water partition coefficient (Wildman–Crippen LogP) is 4.87. The average Bonchev–Trinajstić information content (AvgIpc) is 3.36. The topological polar surface area (TPSA) is 0 Å². The molecule has 2 aliphatic rings. The van der Waals surface area contributed by atoms with Crippen LogP contribution in [-0.4, -0.2) is 3.21 Å². The summed E-state index contributed by atoms with van der Waals surface area (Å²) in [5.74, 6) is 0.628. The minimum absolute atomic E-state index is 0. The number of fused-ring (bicyclic) bond motifs is 3. The van der Waals surface area contributed by atoms with E-state index in [9.17, 15) is 0 Å². The fourth-order valence-corrected chi connectivity index (χ4v) is 15.0. The van der Waals surface area contributed by atoms with Crippen molar-refractivity contribution < 1.29 is 46.1 Å². The van der Waals surface area contributed by atoms with Gasteiger partial charge in [0.05, 0.1) is 0 Å². The molecule has 3 heteroatoms. The summed E-state index contributed by atoms with van der Waals surface area (Å²) in [6.45, 7) is 28.5. The zero-order chi connectivity index (χ0) is 28.2. The van der Waals surface area contributed by atoms with Crippen LogP contribution in [-0.2, 0) is 32.1 Å². The molecule has 0 heterocycles. The largest absolute Gasteiger partial charge is 1.00 e. The molecule has 2 aromatic rings. The van der Waals surface area contributed by atoms with E-state index >= 15 is 0 Å². The summed E-state index contributed by atoms with van der Waals surface area (Å²) >= 11 is -2.28. The molecular formula is C37H52Cl2Zr. The van der Waals surface area contributed by atoms with Crippen molar-refractivity contribution in [3.05, 3.63) is 79.7 Å². The molecule has 2 aromatic carbocycles. The number of rotatable bonds is 5. The molecule has 0 nitrogen and oxygen atoms in total. The monoisotopic (exact) mass is 656 g/mol. The Labute approximate surface area is 266 Å². The fraction of sp³-hybridized carbons (Fsp3) is 0.541. The molecule has 0 aromatic heterocycles. The first-order chi connectivity index (χ1) is 17.5. The van der Waals surface area contributed by atoms with E-state index in [2.05, 4.69) is 132 Å². The third-order valence-corrected chi connectivity index (χ3v) is 17.1. The minimum atomic E-state index is -2.28. The Morgan fingerprint density at radius 2 is 1.20 bits per heavy atom. The van der Waals surface area contributed by atoms with Gasteiger partial charge in [0.1, 0.15) is 0 Å². The molecule has 0 amide bonds. The zero-order valence-corrected chi connectivity index (χ0v) is 31.1. The van der Waals surface area contributed by atoms with Gasteiger partial charge in [-0.25, -0.2) is 0 Å². The summed E-state index contributed by atoms with van der Waals surface area (Å²) in [5.41, 5.74) is 11.2. The normalized spacial score (nSPS) is 16.6. The number of benzene rings is 2. The molecule has 0 fully saturated rings. The number of hydrogen-bond donors (Lipinski definition) is 0. The van der Waals surface area contributed by atoms with E-state index < -0.39 is 21.3 Å². The van der Waals surface area contributed by atoms with E-state index in [0.717, 1.165) is 0 Å². The minimum Gasteiger partial charge on any atom is -1.00 e. The van der Waals surface area contributed by atoms with Gasteiger partial charge in [-0.1, -0.05) is 0 Å². The van der Waals surface area contributed by atoms with Crippen molar-refractivity contribution in [3.63, 3.8) is 0 Å². The summed E-state index contributed by atoms with van der Waals surface area (Å²) in [6.07, 6.45) is 9.24. The Morgan fingerprint density at radius 1 is 0.725 bits per heavy atom. The van der Waals surface area contributed by atoms with Crippen LogP contribution >= 0.6 is 0 Å².